The maximum absolute atomic E-state index is 12.8. The fourth-order valence-electron chi connectivity index (χ4n) is 1.79. The lowest BCUT2D eigenvalue weighted by molar-refractivity contribution is -0.384. The average molecular weight is 310 g/mol. The summed E-state index contributed by atoms with van der Waals surface area (Å²) in [6, 6.07) is 9.15. The first-order valence-corrected chi connectivity index (χ1v) is 6.01. The number of carbonyl (C=O) groups is 1. The molecule has 0 heterocycles. The number of non-ortho nitro benzene ring substituents is 1. The van der Waals surface area contributed by atoms with Crippen LogP contribution in [0, 0.1) is 10.1 Å². The van der Waals surface area contributed by atoms with Crippen molar-refractivity contribution in [3.63, 3.8) is 0 Å². The molecule has 0 bridgehead atoms. The number of anilines is 1. The van der Waals surface area contributed by atoms with Crippen molar-refractivity contribution < 1.29 is 22.9 Å². The van der Waals surface area contributed by atoms with Crippen molar-refractivity contribution in [3.8, 4) is 0 Å². The number of alkyl halides is 3. The zero-order valence-corrected chi connectivity index (χ0v) is 10.9. The Morgan fingerprint density at radius 2 is 1.64 bits per heavy atom. The van der Waals surface area contributed by atoms with Gasteiger partial charge < -0.3 is 5.32 Å². The number of carbonyl (C=O) groups excluding carboxylic acids is 1. The molecule has 22 heavy (non-hydrogen) atoms. The predicted molar refractivity (Wildman–Crippen MR) is 72.5 cm³/mol. The minimum atomic E-state index is -4.65. The van der Waals surface area contributed by atoms with Gasteiger partial charge in [-0.15, -0.1) is 0 Å². The Morgan fingerprint density at radius 1 is 1.05 bits per heavy atom. The van der Waals surface area contributed by atoms with Gasteiger partial charge in [0.1, 0.15) is 0 Å². The molecule has 1 N–H and O–H groups in total. The lowest BCUT2D eigenvalue weighted by Crippen LogP contribution is -2.18. The number of benzene rings is 2. The third-order valence-electron chi connectivity index (χ3n) is 2.81. The molecule has 0 aliphatic heterocycles. The molecule has 0 aliphatic carbocycles. The third-order valence-corrected chi connectivity index (χ3v) is 2.81. The number of rotatable bonds is 3. The highest BCUT2D eigenvalue weighted by Crippen LogP contribution is 2.32. The smallest absolute Gasteiger partial charge is 0.322 e. The van der Waals surface area contributed by atoms with Crippen LogP contribution in [0.4, 0.5) is 24.5 Å². The van der Waals surface area contributed by atoms with Crippen LogP contribution in [-0.2, 0) is 6.18 Å². The number of nitro benzene ring substituents is 1. The third kappa shape index (κ3) is 3.40. The highest BCUT2D eigenvalue weighted by atomic mass is 19.4. The lowest BCUT2D eigenvalue weighted by atomic mass is 10.1. The number of hydrogen-bond acceptors (Lipinski definition) is 3. The second-order valence-electron chi connectivity index (χ2n) is 4.30. The van der Waals surface area contributed by atoms with Gasteiger partial charge in [-0.3, -0.25) is 14.9 Å². The molecule has 114 valence electrons. The number of nitrogens with one attached hydrogen (secondary N) is 1. The SMILES string of the molecule is O=C(Nc1ccc([N+](=O)[O-])cc1)c1ccccc1C(F)(F)F. The maximum Gasteiger partial charge on any atom is 0.417 e. The van der Waals surface area contributed by atoms with Crippen LogP contribution in [0.3, 0.4) is 0 Å². The predicted octanol–water partition coefficient (Wildman–Crippen LogP) is 3.87. The molecule has 5 nitrogen and oxygen atoms in total. The van der Waals surface area contributed by atoms with Crippen molar-refractivity contribution in [2.75, 3.05) is 5.32 Å². The van der Waals surface area contributed by atoms with Gasteiger partial charge in [-0.1, -0.05) is 12.1 Å². The largest absolute Gasteiger partial charge is 0.417 e. The minimum absolute atomic E-state index is 0.160. The average Bonchev–Trinajstić information content (AvgIpc) is 2.47. The van der Waals surface area contributed by atoms with E-state index in [2.05, 4.69) is 5.32 Å². The van der Waals surface area contributed by atoms with Crippen LogP contribution in [0.5, 0.6) is 0 Å². The Balaban J connectivity index is 2.25. The number of halogens is 3. The van der Waals surface area contributed by atoms with Crippen LogP contribution in [0.2, 0.25) is 0 Å². The van der Waals surface area contributed by atoms with Crippen molar-refractivity contribution in [3.05, 3.63) is 69.8 Å². The van der Waals surface area contributed by atoms with Gasteiger partial charge in [0, 0.05) is 17.8 Å². The number of nitro groups is 1. The summed E-state index contributed by atoms with van der Waals surface area (Å²) >= 11 is 0. The molecule has 0 spiro atoms. The molecule has 0 saturated carbocycles. The topological polar surface area (TPSA) is 72.2 Å². The van der Waals surface area contributed by atoms with Gasteiger partial charge >= 0.3 is 6.18 Å². The molecular weight excluding hydrogens is 301 g/mol. The fourth-order valence-corrected chi connectivity index (χ4v) is 1.79. The molecule has 0 saturated heterocycles. The molecule has 1 amide bonds. The summed E-state index contributed by atoms with van der Waals surface area (Å²) < 4.78 is 38.5. The van der Waals surface area contributed by atoms with Gasteiger partial charge in [0.2, 0.25) is 0 Å². The number of nitrogens with zero attached hydrogens (tertiary/aromatic N) is 1. The molecule has 0 fully saturated rings. The van der Waals surface area contributed by atoms with Crippen molar-refractivity contribution in [2.45, 2.75) is 6.18 Å². The molecule has 0 radical (unpaired) electrons. The van der Waals surface area contributed by atoms with Crippen molar-refractivity contribution in [1.29, 1.82) is 0 Å². The van der Waals surface area contributed by atoms with Crippen molar-refractivity contribution >= 4 is 17.3 Å². The Bertz CT molecular complexity index is 712. The van der Waals surface area contributed by atoms with E-state index in [1.807, 2.05) is 0 Å². The van der Waals surface area contributed by atoms with Gasteiger partial charge in [-0.2, -0.15) is 13.2 Å². The number of amides is 1. The van der Waals surface area contributed by atoms with Crippen LogP contribution >= 0.6 is 0 Å². The number of hydrogen-bond donors (Lipinski definition) is 1. The Labute approximate surface area is 122 Å². The molecule has 2 aromatic rings. The summed E-state index contributed by atoms with van der Waals surface area (Å²) in [6.45, 7) is 0. The van der Waals surface area contributed by atoms with Crippen LogP contribution in [0.25, 0.3) is 0 Å². The Morgan fingerprint density at radius 3 is 2.18 bits per heavy atom. The molecule has 0 aliphatic rings. The lowest BCUT2D eigenvalue weighted by Gasteiger charge is -2.12. The Kier molecular flexibility index (Phi) is 4.11. The van der Waals surface area contributed by atoms with Gasteiger partial charge in [-0.05, 0) is 24.3 Å². The van der Waals surface area contributed by atoms with Crippen molar-refractivity contribution in [2.24, 2.45) is 0 Å². The van der Waals surface area contributed by atoms with Crippen LogP contribution in [0.1, 0.15) is 15.9 Å². The zero-order valence-electron chi connectivity index (χ0n) is 10.9. The van der Waals surface area contributed by atoms with E-state index >= 15 is 0 Å². The highest BCUT2D eigenvalue weighted by Gasteiger charge is 2.34. The normalized spacial score (nSPS) is 11.0. The van der Waals surface area contributed by atoms with E-state index in [1.54, 1.807) is 0 Å². The van der Waals surface area contributed by atoms with Gasteiger partial charge in [0.25, 0.3) is 11.6 Å². The maximum atomic E-state index is 12.8. The van der Waals surface area contributed by atoms with E-state index in [4.69, 9.17) is 0 Å². The zero-order chi connectivity index (χ0) is 16.3. The fraction of sp³-hybridized carbons (Fsp3) is 0.0714. The summed E-state index contributed by atoms with van der Waals surface area (Å²) in [5, 5.41) is 12.8. The molecular formula is C14H9F3N2O3. The molecule has 2 aromatic carbocycles. The standard InChI is InChI=1S/C14H9F3N2O3/c15-14(16,17)12-4-2-1-3-11(12)13(20)18-9-5-7-10(8-6-9)19(21)22/h1-8H,(H,18,20). The summed E-state index contributed by atoms with van der Waals surface area (Å²) in [5.41, 5.74) is -1.59. The first-order chi connectivity index (χ1) is 10.3. The van der Waals surface area contributed by atoms with Gasteiger partial charge in [0.05, 0.1) is 16.1 Å². The van der Waals surface area contributed by atoms with Gasteiger partial charge in [0.15, 0.2) is 0 Å². The van der Waals surface area contributed by atoms with Gasteiger partial charge in [-0.25, -0.2) is 0 Å². The quantitative estimate of drug-likeness (QED) is 0.691. The second kappa shape index (κ2) is 5.84. The van der Waals surface area contributed by atoms with Crippen LogP contribution in [0.15, 0.2) is 48.5 Å². The molecule has 8 heteroatoms. The monoisotopic (exact) mass is 310 g/mol. The van der Waals surface area contributed by atoms with E-state index < -0.39 is 28.1 Å². The van der Waals surface area contributed by atoms with E-state index in [0.29, 0.717) is 0 Å². The van der Waals surface area contributed by atoms with E-state index in [1.165, 1.54) is 24.3 Å². The summed E-state index contributed by atoms with van der Waals surface area (Å²) in [6.07, 6.45) is -4.65. The van der Waals surface area contributed by atoms with E-state index in [9.17, 15) is 28.1 Å². The second-order valence-corrected chi connectivity index (χ2v) is 4.30. The molecule has 2 rings (SSSR count). The first kappa shape index (κ1) is 15.5. The molecule has 0 aromatic heterocycles. The molecule has 0 unspecified atom stereocenters. The summed E-state index contributed by atoms with van der Waals surface area (Å²) in [5.74, 6) is -0.943. The van der Waals surface area contributed by atoms with E-state index in [-0.39, 0.29) is 11.4 Å². The Hall–Kier alpha value is -2.90. The minimum Gasteiger partial charge on any atom is -0.322 e. The first-order valence-electron chi connectivity index (χ1n) is 6.01. The van der Waals surface area contributed by atoms with E-state index in [0.717, 1.165) is 24.3 Å². The van der Waals surface area contributed by atoms with Crippen LogP contribution < -0.4 is 5.32 Å². The van der Waals surface area contributed by atoms with Crippen LogP contribution in [-0.4, -0.2) is 10.8 Å². The highest BCUT2D eigenvalue weighted by molar-refractivity contribution is 6.05. The molecule has 0 atom stereocenters. The summed E-state index contributed by atoms with van der Waals surface area (Å²) in [4.78, 5) is 21.8. The summed E-state index contributed by atoms with van der Waals surface area (Å²) in [7, 11) is 0. The van der Waals surface area contributed by atoms with Crippen molar-refractivity contribution in [1.82, 2.24) is 0 Å².